The maximum Gasteiger partial charge on any atom is 0.0411 e. The normalized spacial score (nSPS) is 12.8. The van der Waals surface area contributed by atoms with Crippen molar-refractivity contribution in [3.05, 3.63) is 35.4 Å². The van der Waals surface area contributed by atoms with Gasteiger partial charge in [0.15, 0.2) is 0 Å². The van der Waals surface area contributed by atoms with Gasteiger partial charge in [-0.2, -0.15) is 11.8 Å². The molecule has 20 heavy (non-hydrogen) atoms. The Kier molecular flexibility index (Phi) is 9.04. The van der Waals surface area contributed by atoms with Gasteiger partial charge in [0, 0.05) is 11.8 Å². The monoisotopic (exact) mass is 293 g/mol. The molecule has 0 fully saturated rings. The summed E-state index contributed by atoms with van der Waals surface area (Å²) in [4.78, 5) is 0. The maximum atomic E-state index is 3.68. The molecule has 0 radical (unpaired) electrons. The van der Waals surface area contributed by atoms with Crippen molar-refractivity contribution in [2.75, 3.05) is 18.1 Å². The molecule has 0 saturated heterocycles. The first-order valence-corrected chi connectivity index (χ1v) is 9.22. The van der Waals surface area contributed by atoms with Gasteiger partial charge in [-0.1, -0.05) is 52.0 Å². The van der Waals surface area contributed by atoms with Gasteiger partial charge in [0.25, 0.3) is 0 Å². The van der Waals surface area contributed by atoms with Gasteiger partial charge in [-0.3, -0.25) is 0 Å². The summed E-state index contributed by atoms with van der Waals surface area (Å²) in [6, 6.07) is 9.75. The molecule has 1 unspecified atom stereocenters. The van der Waals surface area contributed by atoms with Crippen LogP contribution in [0.2, 0.25) is 0 Å². The van der Waals surface area contributed by atoms with E-state index in [9.17, 15) is 0 Å². The molecule has 0 amide bonds. The average Bonchev–Trinajstić information content (AvgIpc) is 2.43. The van der Waals surface area contributed by atoms with Gasteiger partial charge >= 0.3 is 0 Å². The summed E-state index contributed by atoms with van der Waals surface area (Å²) in [5, 5.41) is 3.68. The molecule has 1 rings (SSSR count). The first-order valence-electron chi connectivity index (χ1n) is 8.07. The maximum absolute atomic E-state index is 3.68. The Hall–Kier alpha value is -0.470. The van der Waals surface area contributed by atoms with Gasteiger partial charge in [0.2, 0.25) is 0 Å². The molecule has 1 N–H and O–H groups in total. The predicted octanol–water partition coefficient (Wildman–Crippen LogP) is 5.07. The highest BCUT2D eigenvalue weighted by Crippen LogP contribution is 2.20. The van der Waals surface area contributed by atoms with Crippen molar-refractivity contribution >= 4 is 11.8 Å². The van der Waals surface area contributed by atoms with Crippen LogP contribution in [0.5, 0.6) is 0 Å². The first-order chi connectivity index (χ1) is 9.67. The molecule has 114 valence electrons. The summed E-state index contributed by atoms with van der Waals surface area (Å²) < 4.78 is 0. The van der Waals surface area contributed by atoms with Crippen LogP contribution in [0.25, 0.3) is 0 Å². The summed E-state index contributed by atoms with van der Waals surface area (Å²) in [7, 11) is 0. The topological polar surface area (TPSA) is 12.0 Å². The molecule has 0 aliphatic carbocycles. The van der Waals surface area contributed by atoms with Crippen LogP contribution < -0.4 is 5.32 Å². The van der Waals surface area contributed by atoms with Crippen LogP contribution in [0.4, 0.5) is 0 Å². The van der Waals surface area contributed by atoms with Gasteiger partial charge < -0.3 is 5.32 Å². The van der Waals surface area contributed by atoms with Gasteiger partial charge in [-0.15, -0.1) is 0 Å². The van der Waals surface area contributed by atoms with E-state index in [0.29, 0.717) is 6.04 Å². The molecule has 1 atom stereocenters. The van der Waals surface area contributed by atoms with E-state index in [1.807, 2.05) is 0 Å². The van der Waals surface area contributed by atoms with Crippen LogP contribution in [0.1, 0.15) is 57.7 Å². The Morgan fingerprint density at radius 2 is 1.75 bits per heavy atom. The summed E-state index contributed by atoms with van der Waals surface area (Å²) in [6.45, 7) is 10.1. The molecule has 1 aromatic rings. The SMILES string of the molecule is CCCNC(CSCCC)c1ccc(CC(C)C)cc1. The fourth-order valence-electron chi connectivity index (χ4n) is 2.29. The van der Waals surface area contributed by atoms with Crippen molar-refractivity contribution in [2.45, 2.75) is 53.0 Å². The minimum absolute atomic E-state index is 0.500. The fraction of sp³-hybridized carbons (Fsp3) is 0.667. The highest BCUT2D eigenvalue weighted by molar-refractivity contribution is 7.99. The zero-order valence-electron chi connectivity index (χ0n) is 13.6. The third kappa shape index (κ3) is 6.81. The van der Waals surface area contributed by atoms with Crippen molar-refractivity contribution in [1.29, 1.82) is 0 Å². The van der Waals surface area contributed by atoms with Crippen LogP contribution in [-0.4, -0.2) is 18.1 Å². The Morgan fingerprint density at radius 3 is 2.30 bits per heavy atom. The number of hydrogen-bond acceptors (Lipinski definition) is 2. The standard InChI is InChI=1S/C18H31NS/c1-5-11-19-18(14-20-12-6-2)17-9-7-16(8-10-17)13-15(3)4/h7-10,15,18-19H,5-6,11-14H2,1-4H3. The summed E-state index contributed by atoms with van der Waals surface area (Å²) >= 11 is 2.06. The average molecular weight is 294 g/mol. The zero-order valence-corrected chi connectivity index (χ0v) is 14.4. The van der Waals surface area contributed by atoms with Gasteiger partial charge in [-0.05, 0) is 48.6 Å². The first kappa shape index (κ1) is 17.6. The lowest BCUT2D eigenvalue weighted by atomic mass is 10.00. The molecule has 2 heteroatoms. The summed E-state index contributed by atoms with van der Waals surface area (Å²) in [6.07, 6.45) is 3.64. The third-order valence-electron chi connectivity index (χ3n) is 3.30. The fourth-order valence-corrected chi connectivity index (χ4v) is 3.30. The Labute approximate surface area is 129 Å². The van der Waals surface area contributed by atoms with E-state index in [1.54, 1.807) is 0 Å². The lowest BCUT2D eigenvalue weighted by Gasteiger charge is -2.19. The number of rotatable bonds is 10. The molecule has 1 aromatic carbocycles. The lowest BCUT2D eigenvalue weighted by molar-refractivity contribution is 0.577. The van der Waals surface area contributed by atoms with E-state index in [0.717, 1.165) is 12.5 Å². The molecule has 0 bridgehead atoms. The molecular weight excluding hydrogens is 262 g/mol. The second-order valence-electron chi connectivity index (χ2n) is 5.92. The number of nitrogens with one attached hydrogen (secondary N) is 1. The smallest absolute Gasteiger partial charge is 0.0411 e. The van der Waals surface area contributed by atoms with Gasteiger partial charge in [0.05, 0.1) is 0 Å². The second kappa shape index (κ2) is 10.3. The molecule has 0 spiro atoms. The largest absolute Gasteiger partial charge is 0.309 e. The van der Waals surface area contributed by atoms with Crippen LogP contribution in [0.3, 0.4) is 0 Å². The van der Waals surface area contributed by atoms with Gasteiger partial charge in [-0.25, -0.2) is 0 Å². The lowest BCUT2D eigenvalue weighted by Crippen LogP contribution is -2.24. The molecule has 0 aliphatic rings. The van der Waals surface area contributed by atoms with Crippen molar-refractivity contribution in [2.24, 2.45) is 5.92 Å². The molecule has 0 saturated carbocycles. The van der Waals surface area contributed by atoms with Crippen LogP contribution in [-0.2, 0) is 6.42 Å². The van der Waals surface area contributed by atoms with Crippen LogP contribution in [0, 0.1) is 5.92 Å². The highest BCUT2D eigenvalue weighted by Gasteiger charge is 2.10. The van der Waals surface area contributed by atoms with Crippen molar-refractivity contribution in [3.63, 3.8) is 0 Å². The van der Waals surface area contributed by atoms with E-state index in [-0.39, 0.29) is 0 Å². The van der Waals surface area contributed by atoms with E-state index in [1.165, 1.54) is 41.9 Å². The molecule has 1 nitrogen and oxygen atoms in total. The molecular formula is C18H31NS. The number of hydrogen-bond donors (Lipinski definition) is 1. The quantitative estimate of drug-likeness (QED) is 0.604. The highest BCUT2D eigenvalue weighted by atomic mass is 32.2. The van der Waals surface area contributed by atoms with Crippen molar-refractivity contribution in [1.82, 2.24) is 5.32 Å². The van der Waals surface area contributed by atoms with Crippen LogP contribution >= 0.6 is 11.8 Å². The minimum atomic E-state index is 0.500. The van der Waals surface area contributed by atoms with E-state index in [4.69, 9.17) is 0 Å². The van der Waals surface area contributed by atoms with Gasteiger partial charge in [0.1, 0.15) is 0 Å². The van der Waals surface area contributed by atoms with E-state index < -0.39 is 0 Å². The second-order valence-corrected chi connectivity index (χ2v) is 7.07. The van der Waals surface area contributed by atoms with Crippen LogP contribution in [0.15, 0.2) is 24.3 Å². The van der Waals surface area contributed by atoms with Crippen molar-refractivity contribution in [3.8, 4) is 0 Å². The zero-order chi connectivity index (χ0) is 14.8. The van der Waals surface area contributed by atoms with E-state index in [2.05, 4.69) is 69.0 Å². The molecule has 0 heterocycles. The summed E-state index contributed by atoms with van der Waals surface area (Å²) in [5.41, 5.74) is 2.90. The predicted molar refractivity (Wildman–Crippen MR) is 93.6 cm³/mol. The minimum Gasteiger partial charge on any atom is -0.309 e. The molecule has 0 aromatic heterocycles. The molecule has 0 aliphatic heterocycles. The van der Waals surface area contributed by atoms with Crippen molar-refractivity contribution < 1.29 is 0 Å². The Morgan fingerprint density at radius 1 is 1.05 bits per heavy atom. The number of thioether (sulfide) groups is 1. The van der Waals surface area contributed by atoms with E-state index >= 15 is 0 Å². The summed E-state index contributed by atoms with van der Waals surface area (Å²) in [5.74, 6) is 3.17. The number of benzene rings is 1. The Balaban J connectivity index is 2.63. The Bertz CT molecular complexity index is 345. The third-order valence-corrected chi connectivity index (χ3v) is 4.57.